The summed E-state index contributed by atoms with van der Waals surface area (Å²) in [4.78, 5) is 17.9. The second kappa shape index (κ2) is 4.93. The highest BCUT2D eigenvalue weighted by atomic mass is 35.5. The normalized spacial score (nSPS) is 11.8. The Balaban J connectivity index is 0.00000121. The summed E-state index contributed by atoms with van der Waals surface area (Å²) in [6.45, 7) is 3.92. The van der Waals surface area contributed by atoms with E-state index in [1.165, 1.54) is 6.33 Å². The van der Waals surface area contributed by atoms with Crippen LogP contribution in [-0.2, 0) is 0 Å². The average Bonchev–Trinajstić information content (AvgIpc) is 2.53. The molecule has 1 heterocycles. The summed E-state index contributed by atoms with van der Waals surface area (Å²) in [7, 11) is 0. The largest absolute Gasteiger partial charge is 0.342 e. The molecule has 1 unspecified atom stereocenters. The van der Waals surface area contributed by atoms with Crippen molar-refractivity contribution in [1.29, 1.82) is 0 Å². The first-order chi connectivity index (χ1) is 5.25. The monoisotopic (exact) mass is 188 g/mol. The van der Waals surface area contributed by atoms with E-state index in [2.05, 4.69) is 9.97 Å². The summed E-state index contributed by atoms with van der Waals surface area (Å²) >= 11 is 0. The number of ketones is 1. The SMILES string of the molecule is CCC(C)C(=O)c1cnc[nH]1.Cl. The van der Waals surface area contributed by atoms with Crippen LogP contribution in [0.15, 0.2) is 12.5 Å². The van der Waals surface area contributed by atoms with Crippen molar-refractivity contribution in [2.75, 3.05) is 0 Å². The number of hydrogen-bond acceptors (Lipinski definition) is 2. The lowest BCUT2D eigenvalue weighted by Crippen LogP contribution is -2.10. The van der Waals surface area contributed by atoms with Gasteiger partial charge in [0.15, 0.2) is 5.78 Å². The van der Waals surface area contributed by atoms with E-state index in [-0.39, 0.29) is 24.1 Å². The molecule has 1 aromatic rings. The number of nitrogens with one attached hydrogen (secondary N) is 1. The van der Waals surface area contributed by atoms with E-state index in [1.807, 2.05) is 13.8 Å². The number of carbonyl (C=O) groups is 1. The molecule has 0 radical (unpaired) electrons. The quantitative estimate of drug-likeness (QED) is 0.739. The number of H-pyrrole nitrogens is 1. The second-order valence-corrected chi connectivity index (χ2v) is 2.64. The van der Waals surface area contributed by atoms with E-state index < -0.39 is 0 Å². The fourth-order valence-electron chi connectivity index (χ4n) is 0.841. The van der Waals surface area contributed by atoms with E-state index in [0.29, 0.717) is 5.69 Å². The summed E-state index contributed by atoms with van der Waals surface area (Å²) in [5, 5.41) is 0. The maximum Gasteiger partial charge on any atom is 0.183 e. The molecule has 0 saturated heterocycles. The van der Waals surface area contributed by atoms with Crippen LogP contribution < -0.4 is 0 Å². The van der Waals surface area contributed by atoms with Gasteiger partial charge < -0.3 is 4.98 Å². The fraction of sp³-hybridized carbons (Fsp3) is 0.500. The standard InChI is InChI=1S/C8H12N2O.ClH/c1-3-6(2)8(11)7-4-9-5-10-7;/h4-6H,3H2,1-2H3,(H,9,10);1H. The number of rotatable bonds is 3. The first kappa shape index (κ1) is 11.2. The molecule has 0 spiro atoms. The number of aromatic nitrogens is 2. The third kappa shape index (κ3) is 2.34. The predicted octanol–water partition coefficient (Wildman–Crippen LogP) is 2.06. The first-order valence-electron chi connectivity index (χ1n) is 3.78. The molecule has 0 fully saturated rings. The number of halogens is 1. The Bertz CT molecular complexity index is 233. The highest BCUT2D eigenvalue weighted by Crippen LogP contribution is 2.07. The lowest BCUT2D eigenvalue weighted by atomic mass is 10.0. The van der Waals surface area contributed by atoms with Crippen molar-refractivity contribution in [3.8, 4) is 0 Å². The van der Waals surface area contributed by atoms with E-state index in [0.717, 1.165) is 6.42 Å². The Morgan fingerprint density at radius 2 is 2.42 bits per heavy atom. The minimum absolute atomic E-state index is 0. The van der Waals surface area contributed by atoms with Crippen LogP contribution in [0.25, 0.3) is 0 Å². The Labute approximate surface area is 78.0 Å². The van der Waals surface area contributed by atoms with E-state index in [9.17, 15) is 4.79 Å². The molecule has 1 aromatic heterocycles. The molecule has 0 aliphatic heterocycles. The van der Waals surface area contributed by atoms with Gasteiger partial charge in [0.2, 0.25) is 0 Å². The highest BCUT2D eigenvalue weighted by molar-refractivity contribution is 5.95. The van der Waals surface area contributed by atoms with Crippen LogP contribution >= 0.6 is 12.4 Å². The topological polar surface area (TPSA) is 45.8 Å². The molecule has 0 bridgehead atoms. The molecule has 3 nitrogen and oxygen atoms in total. The number of hydrogen-bond donors (Lipinski definition) is 1. The first-order valence-corrected chi connectivity index (χ1v) is 3.78. The number of Topliss-reactive ketones (excluding diaryl/α,β-unsaturated/α-hetero) is 1. The van der Waals surface area contributed by atoms with Gasteiger partial charge in [-0.2, -0.15) is 0 Å². The highest BCUT2D eigenvalue weighted by Gasteiger charge is 2.13. The maximum atomic E-state index is 11.4. The van der Waals surface area contributed by atoms with Crippen molar-refractivity contribution in [3.63, 3.8) is 0 Å². The van der Waals surface area contributed by atoms with Crippen LogP contribution in [0.3, 0.4) is 0 Å². The van der Waals surface area contributed by atoms with Crippen LogP contribution in [0.4, 0.5) is 0 Å². The third-order valence-corrected chi connectivity index (χ3v) is 1.82. The smallest absolute Gasteiger partial charge is 0.183 e. The second-order valence-electron chi connectivity index (χ2n) is 2.64. The van der Waals surface area contributed by atoms with E-state index in [1.54, 1.807) is 6.20 Å². The van der Waals surface area contributed by atoms with Crippen molar-refractivity contribution in [2.24, 2.45) is 5.92 Å². The molecule has 4 heteroatoms. The number of nitrogens with zero attached hydrogens (tertiary/aromatic N) is 1. The van der Waals surface area contributed by atoms with Gasteiger partial charge in [0.1, 0.15) is 5.69 Å². The maximum absolute atomic E-state index is 11.4. The molecule has 12 heavy (non-hydrogen) atoms. The predicted molar refractivity (Wildman–Crippen MR) is 49.6 cm³/mol. The van der Waals surface area contributed by atoms with Gasteiger partial charge in [-0.1, -0.05) is 13.8 Å². The molecule has 0 saturated carbocycles. The lowest BCUT2D eigenvalue weighted by Gasteiger charge is -2.03. The zero-order valence-electron chi connectivity index (χ0n) is 7.20. The molecule has 1 atom stereocenters. The van der Waals surface area contributed by atoms with Gasteiger partial charge in [-0.3, -0.25) is 4.79 Å². The van der Waals surface area contributed by atoms with E-state index in [4.69, 9.17) is 0 Å². The third-order valence-electron chi connectivity index (χ3n) is 1.82. The van der Waals surface area contributed by atoms with Gasteiger partial charge in [-0.05, 0) is 6.42 Å². The van der Waals surface area contributed by atoms with Gasteiger partial charge in [0.25, 0.3) is 0 Å². The lowest BCUT2D eigenvalue weighted by molar-refractivity contribution is 0.0922. The van der Waals surface area contributed by atoms with Crippen molar-refractivity contribution >= 4 is 18.2 Å². The molecule has 0 aliphatic carbocycles. The van der Waals surface area contributed by atoms with Gasteiger partial charge in [-0.15, -0.1) is 12.4 Å². The minimum atomic E-state index is 0. The van der Waals surface area contributed by atoms with Crippen molar-refractivity contribution < 1.29 is 4.79 Å². The summed E-state index contributed by atoms with van der Waals surface area (Å²) in [5.74, 6) is 0.237. The van der Waals surface area contributed by atoms with Gasteiger partial charge in [0.05, 0.1) is 12.5 Å². The fourth-order valence-corrected chi connectivity index (χ4v) is 0.841. The van der Waals surface area contributed by atoms with E-state index >= 15 is 0 Å². The zero-order valence-corrected chi connectivity index (χ0v) is 8.02. The van der Waals surface area contributed by atoms with Crippen LogP contribution in [0.2, 0.25) is 0 Å². The summed E-state index contributed by atoms with van der Waals surface area (Å²) in [6, 6.07) is 0. The molecular formula is C8H13ClN2O. The van der Waals surface area contributed by atoms with Crippen LogP contribution in [0, 0.1) is 5.92 Å². The summed E-state index contributed by atoms with van der Waals surface area (Å²) in [5.41, 5.74) is 0.611. The Morgan fingerprint density at radius 3 is 2.83 bits per heavy atom. The van der Waals surface area contributed by atoms with Crippen LogP contribution in [-0.4, -0.2) is 15.8 Å². The van der Waals surface area contributed by atoms with Crippen molar-refractivity contribution in [3.05, 3.63) is 18.2 Å². The van der Waals surface area contributed by atoms with Crippen LogP contribution in [0.5, 0.6) is 0 Å². The molecule has 1 rings (SSSR count). The Kier molecular flexibility index (Phi) is 4.59. The minimum Gasteiger partial charge on any atom is -0.342 e. The van der Waals surface area contributed by atoms with Crippen molar-refractivity contribution in [1.82, 2.24) is 9.97 Å². The summed E-state index contributed by atoms with van der Waals surface area (Å²) < 4.78 is 0. The zero-order chi connectivity index (χ0) is 8.27. The van der Waals surface area contributed by atoms with Gasteiger partial charge in [0, 0.05) is 5.92 Å². The molecule has 0 aliphatic rings. The Hall–Kier alpha value is -0.830. The molecule has 0 aromatic carbocycles. The Morgan fingerprint density at radius 1 is 1.75 bits per heavy atom. The van der Waals surface area contributed by atoms with Crippen molar-refractivity contribution in [2.45, 2.75) is 20.3 Å². The average molecular weight is 189 g/mol. The number of aromatic amines is 1. The van der Waals surface area contributed by atoms with Crippen LogP contribution in [0.1, 0.15) is 30.8 Å². The molecule has 1 N–H and O–H groups in total. The number of carbonyl (C=O) groups excluding carboxylic acids is 1. The molecule has 0 amide bonds. The molecular weight excluding hydrogens is 176 g/mol. The molecule has 68 valence electrons. The summed E-state index contributed by atoms with van der Waals surface area (Å²) in [6.07, 6.45) is 3.96. The van der Waals surface area contributed by atoms with Gasteiger partial charge in [-0.25, -0.2) is 4.98 Å². The number of imidazole rings is 1. The van der Waals surface area contributed by atoms with Gasteiger partial charge >= 0.3 is 0 Å².